The highest BCUT2D eigenvalue weighted by Gasteiger charge is 2.43. The highest BCUT2D eigenvalue weighted by molar-refractivity contribution is 7.98. The first kappa shape index (κ1) is 14.3. The SMILES string of the molecule is CSc1ccccc1N1C(N)=NC(N)=NC12CCCCC2. The van der Waals surface area contributed by atoms with E-state index in [2.05, 4.69) is 28.3 Å². The Morgan fingerprint density at radius 2 is 1.86 bits per heavy atom. The summed E-state index contributed by atoms with van der Waals surface area (Å²) >= 11 is 1.71. The number of nitrogens with two attached hydrogens (primary N) is 2. The van der Waals surface area contributed by atoms with Crippen LogP contribution in [0.25, 0.3) is 0 Å². The van der Waals surface area contributed by atoms with E-state index in [9.17, 15) is 0 Å². The summed E-state index contributed by atoms with van der Waals surface area (Å²) in [4.78, 5) is 12.2. The van der Waals surface area contributed by atoms with Gasteiger partial charge in [0.25, 0.3) is 0 Å². The summed E-state index contributed by atoms with van der Waals surface area (Å²) < 4.78 is 0. The highest BCUT2D eigenvalue weighted by Crippen LogP contribution is 2.42. The second-order valence-corrected chi connectivity index (χ2v) is 6.34. The Labute approximate surface area is 129 Å². The number of rotatable bonds is 2. The number of anilines is 1. The van der Waals surface area contributed by atoms with Gasteiger partial charge in [0, 0.05) is 4.90 Å². The van der Waals surface area contributed by atoms with E-state index in [1.165, 1.54) is 11.3 Å². The molecule has 112 valence electrons. The second-order valence-electron chi connectivity index (χ2n) is 5.49. The fourth-order valence-electron chi connectivity index (χ4n) is 3.28. The minimum Gasteiger partial charge on any atom is -0.369 e. The van der Waals surface area contributed by atoms with Gasteiger partial charge in [0.1, 0.15) is 5.66 Å². The first-order valence-electron chi connectivity index (χ1n) is 7.29. The molecule has 0 unspecified atom stereocenters. The zero-order chi connectivity index (χ0) is 14.9. The van der Waals surface area contributed by atoms with Gasteiger partial charge in [0.2, 0.25) is 11.9 Å². The molecule has 1 spiro atoms. The van der Waals surface area contributed by atoms with Gasteiger partial charge in [-0.1, -0.05) is 18.6 Å². The largest absolute Gasteiger partial charge is 0.369 e. The predicted octanol–water partition coefficient (Wildman–Crippen LogP) is 2.52. The van der Waals surface area contributed by atoms with Crippen LogP contribution in [-0.2, 0) is 0 Å². The molecule has 6 heteroatoms. The van der Waals surface area contributed by atoms with E-state index >= 15 is 0 Å². The molecule has 4 N–H and O–H groups in total. The molecule has 2 aliphatic rings. The molecule has 0 amide bonds. The lowest BCUT2D eigenvalue weighted by Gasteiger charge is -2.46. The lowest BCUT2D eigenvalue weighted by Crippen LogP contribution is -2.58. The van der Waals surface area contributed by atoms with Crippen molar-refractivity contribution in [2.45, 2.75) is 42.7 Å². The number of para-hydroxylation sites is 1. The Bertz CT molecular complexity index is 589. The van der Waals surface area contributed by atoms with Crippen molar-refractivity contribution in [3.05, 3.63) is 24.3 Å². The molecule has 5 nitrogen and oxygen atoms in total. The van der Waals surface area contributed by atoms with Gasteiger partial charge < -0.3 is 11.5 Å². The number of benzene rings is 1. The van der Waals surface area contributed by atoms with Crippen molar-refractivity contribution < 1.29 is 0 Å². The lowest BCUT2D eigenvalue weighted by atomic mass is 9.87. The van der Waals surface area contributed by atoms with E-state index < -0.39 is 0 Å². The zero-order valence-electron chi connectivity index (χ0n) is 12.2. The fraction of sp³-hybridized carbons (Fsp3) is 0.467. The van der Waals surface area contributed by atoms with Crippen molar-refractivity contribution in [1.82, 2.24) is 0 Å². The molecular weight excluding hydrogens is 282 g/mol. The summed E-state index contributed by atoms with van der Waals surface area (Å²) in [6, 6.07) is 8.26. The van der Waals surface area contributed by atoms with E-state index in [-0.39, 0.29) is 5.66 Å². The third-order valence-electron chi connectivity index (χ3n) is 4.18. The normalized spacial score (nSPS) is 21.1. The van der Waals surface area contributed by atoms with E-state index in [4.69, 9.17) is 16.5 Å². The molecule has 0 saturated heterocycles. The smallest absolute Gasteiger partial charge is 0.220 e. The molecule has 1 aromatic rings. The van der Waals surface area contributed by atoms with Crippen LogP contribution in [0.15, 0.2) is 39.1 Å². The summed E-state index contributed by atoms with van der Waals surface area (Å²) in [6.45, 7) is 0. The molecule has 1 aliphatic carbocycles. The van der Waals surface area contributed by atoms with E-state index in [0.717, 1.165) is 31.4 Å². The Hall–Kier alpha value is -1.69. The Balaban J connectivity index is 2.11. The van der Waals surface area contributed by atoms with Gasteiger partial charge >= 0.3 is 0 Å². The topological polar surface area (TPSA) is 80.0 Å². The van der Waals surface area contributed by atoms with Crippen molar-refractivity contribution in [3.63, 3.8) is 0 Å². The average molecular weight is 303 g/mol. The molecule has 1 aliphatic heterocycles. The molecule has 0 radical (unpaired) electrons. The Morgan fingerprint density at radius 3 is 2.57 bits per heavy atom. The van der Waals surface area contributed by atoms with Crippen LogP contribution in [0.3, 0.4) is 0 Å². The van der Waals surface area contributed by atoms with E-state index in [1.54, 1.807) is 11.8 Å². The standard InChI is InChI=1S/C15H21N5S/c1-21-12-8-4-3-7-11(12)20-14(17)18-13(16)19-15(20)9-5-2-6-10-15/h3-4,7-8H,2,5-6,9-10H2,1H3,(H4,16,17,18,19). The van der Waals surface area contributed by atoms with E-state index in [1.807, 2.05) is 12.1 Å². The van der Waals surface area contributed by atoms with Crippen molar-refractivity contribution in [1.29, 1.82) is 0 Å². The molecule has 3 rings (SSSR count). The average Bonchev–Trinajstić information content (AvgIpc) is 2.47. The summed E-state index contributed by atoms with van der Waals surface area (Å²) in [5.41, 5.74) is 12.8. The third-order valence-corrected chi connectivity index (χ3v) is 4.96. The minimum absolute atomic E-state index is 0.298. The van der Waals surface area contributed by atoms with Crippen molar-refractivity contribution in [3.8, 4) is 0 Å². The summed E-state index contributed by atoms with van der Waals surface area (Å²) in [5, 5.41) is 0. The van der Waals surface area contributed by atoms with Gasteiger partial charge in [-0.15, -0.1) is 11.8 Å². The van der Waals surface area contributed by atoms with Crippen LogP contribution in [0.2, 0.25) is 0 Å². The van der Waals surface area contributed by atoms with Gasteiger partial charge in [-0.25, -0.2) is 4.99 Å². The van der Waals surface area contributed by atoms with Gasteiger partial charge in [0.15, 0.2) is 0 Å². The maximum atomic E-state index is 6.24. The molecule has 1 heterocycles. The third kappa shape index (κ3) is 2.48. The highest BCUT2D eigenvalue weighted by atomic mass is 32.2. The predicted molar refractivity (Wildman–Crippen MR) is 89.8 cm³/mol. The summed E-state index contributed by atoms with van der Waals surface area (Å²) in [5.74, 6) is 0.748. The molecule has 1 fully saturated rings. The maximum absolute atomic E-state index is 6.24. The van der Waals surface area contributed by atoms with Crippen LogP contribution < -0.4 is 16.4 Å². The van der Waals surface area contributed by atoms with Crippen molar-refractivity contribution in [2.24, 2.45) is 21.5 Å². The quantitative estimate of drug-likeness (QED) is 0.823. The van der Waals surface area contributed by atoms with Crippen molar-refractivity contribution >= 4 is 29.4 Å². The van der Waals surface area contributed by atoms with Crippen LogP contribution in [-0.4, -0.2) is 23.8 Å². The number of thioether (sulfide) groups is 1. The number of aliphatic imine (C=N–C) groups is 2. The minimum atomic E-state index is -0.361. The van der Waals surface area contributed by atoms with Gasteiger partial charge in [-0.05, 0) is 44.1 Å². The van der Waals surface area contributed by atoms with Crippen LogP contribution >= 0.6 is 11.8 Å². The summed E-state index contributed by atoms with van der Waals surface area (Å²) in [6.07, 6.45) is 7.52. The van der Waals surface area contributed by atoms with Gasteiger partial charge in [-0.2, -0.15) is 4.99 Å². The number of hydrogen-bond donors (Lipinski definition) is 2. The maximum Gasteiger partial charge on any atom is 0.220 e. The Morgan fingerprint density at radius 1 is 1.14 bits per heavy atom. The molecule has 0 atom stereocenters. The molecular formula is C15H21N5S. The van der Waals surface area contributed by atoms with E-state index in [0.29, 0.717) is 11.9 Å². The van der Waals surface area contributed by atoms with Gasteiger partial charge in [0.05, 0.1) is 5.69 Å². The monoisotopic (exact) mass is 303 g/mol. The second kappa shape index (κ2) is 5.60. The Kier molecular flexibility index (Phi) is 3.80. The lowest BCUT2D eigenvalue weighted by molar-refractivity contribution is 0.305. The molecule has 0 aromatic heterocycles. The molecule has 0 bridgehead atoms. The fourth-order valence-corrected chi connectivity index (χ4v) is 3.87. The molecule has 1 saturated carbocycles. The van der Waals surface area contributed by atoms with Crippen LogP contribution in [0.4, 0.5) is 5.69 Å². The van der Waals surface area contributed by atoms with Crippen molar-refractivity contribution in [2.75, 3.05) is 11.2 Å². The van der Waals surface area contributed by atoms with Crippen LogP contribution in [0, 0.1) is 0 Å². The first-order chi connectivity index (χ1) is 10.2. The molecule has 21 heavy (non-hydrogen) atoms. The molecule has 1 aromatic carbocycles. The number of guanidine groups is 2. The summed E-state index contributed by atoms with van der Waals surface area (Å²) in [7, 11) is 0. The van der Waals surface area contributed by atoms with Crippen LogP contribution in [0.5, 0.6) is 0 Å². The first-order valence-corrected chi connectivity index (χ1v) is 8.51. The number of nitrogens with zero attached hydrogens (tertiary/aromatic N) is 3. The zero-order valence-corrected chi connectivity index (χ0v) is 13.1. The number of hydrogen-bond acceptors (Lipinski definition) is 6. The van der Waals surface area contributed by atoms with Gasteiger partial charge in [-0.3, -0.25) is 4.90 Å². The van der Waals surface area contributed by atoms with Crippen LogP contribution in [0.1, 0.15) is 32.1 Å².